The number of nitrogens with two attached hydrogens (primary N) is 3. The summed E-state index contributed by atoms with van der Waals surface area (Å²) in [5, 5.41) is 2.54. The van der Waals surface area contributed by atoms with Gasteiger partial charge in [-0.15, -0.1) is 0 Å². The molecule has 0 spiro atoms. The summed E-state index contributed by atoms with van der Waals surface area (Å²) in [7, 11) is 1.42. The molecule has 1 aromatic carbocycles. The molecule has 8 heteroatoms. The Morgan fingerprint density at radius 1 is 1.32 bits per heavy atom. The molecule has 132 valence electrons. The van der Waals surface area contributed by atoms with Crippen molar-refractivity contribution in [3.8, 4) is 17.0 Å². The number of hydrogen-bond donors (Lipinski definition) is 4. The fraction of sp³-hybridized carbons (Fsp3) is 0.176. The molecule has 0 saturated carbocycles. The maximum Gasteiger partial charge on any atom is 0.269 e. The van der Waals surface area contributed by atoms with Gasteiger partial charge in [0.1, 0.15) is 11.5 Å². The Hall–Kier alpha value is -3.29. The fourth-order valence-corrected chi connectivity index (χ4v) is 2.37. The summed E-state index contributed by atoms with van der Waals surface area (Å²) in [6.07, 6.45) is 1.52. The molecule has 1 heterocycles. The Morgan fingerprint density at radius 3 is 2.68 bits per heavy atom. The number of rotatable bonds is 5. The summed E-state index contributed by atoms with van der Waals surface area (Å²) in [5.74, 6) is -0.884. The minimum absolute atomic E-state index is 0.0347. The fourth-order valence-electron chi connectivity index (χ4n) is 2.37. The lowest BCUT2D eigenvalue weighted by Crippen LogP contribution is -2.30. The van der Waals surface area contributed by atoms with Crippen LogP contribution in [-0.2, 0) is 4.79 Å². The van der Waals surface area contributed by atoms with Crippen LogP contribution in [0.5, 0.6) is 5.88 Å². The zero-order valence-corrected chi connectivity index (χ0v) is 14.0. The summed E-state index contributed by atoms with van der Waals surface area (Å²) < 4.78 is 19.6. The minimum Gasteiger partial charge on any atom is -0.481 e. The summed E-state index contributed by atoms with van der Waals surface area (Å²) in [6, 6.07) is 5.83. The normalized spacial score (nSPS) is 11.6. The number of amides is 1. The van der Waals surface area contributed by atoms with E-state index in [1.165, 1.54) is 25.4 Å². The van der Waals surface area contributed by atoms with Gasteiger partial charge in [-0.25, -0.2) is 9.37 Å². The van der Waals surface area contributed by atoms with Gasteiger partial charge in [-0.2, -0.15) is 0 Å². The highest BCUT2D eigenvalue weighted by Crippen LogP contribution is 2.37. The van der Waals surface area contributed by atoms with E-state index in [1.807, 2.05) is 0 Å². The minimum atomic E-state index is -0.572. The number of nitrogen functional groups attached to an aromatic ring is 1. The number of aromatic nitrogens is 1. The van der Waals surface area contributed by atoms with Crippen molar-refractivity contribution in [3.63, 3.8) is 0 Å². The third kappa shape index (κ3) is 3.47. The number of likely N-dealkylation sites (N-methyl/N-ethyl adjacent to an activating group) is 1. The lowest BCUT2D eigenvalue weighted by atomic mass is 9.98. The van der Waals surface area contributed by atoms with E-state index < -0.39 is 11.7 Å². The number of anilines is 1. The highest BCUT2D eigenvalue weighted by Gasteiger charge is 2.20. The Balaban J connectivity index is 2.65. The van der Waals surface area contributed by atoms with Crippen molar-refractivity contribution < 1.29 is 13.9 Å². The van der Waals surface area contributed by atoms with E-state index in [0.717, 1.165) is 0 Å². The van der Waals surface area contributed by atoms with Crippen LogP contribution in [0.3, 0.4) is 0 Å². The maximum atomic E-state index is 14.4. The predicted molar refractivity (Wildman–Crippen MR) is 94.6 cm³/mol. The maximum absolute atomic E-state index is 14.4. The van der Waals surface area contributed by atoms with Gasteiger partial charge in [0.15, 0.2) is 0 Å². The van der Waals surface area contributed by atoms with Gasteiger partial charge in [0, 0.05) is 29.4 Å². The Bertz CT molecular complexity index is 836. The smallest absolute Gasteiger partial charge is 0.269 e. The number of carbonyl (C=O) groups excluding carboxylic acids is 1. The molecule has 25 heavy (non-hydrogen) atoms. The van der Waals surface area contributed by atoms with Crippen LogP contribution in [0.25, 0.3) is 16.8 Å². The first-order chi connectivity index (χ1) is 11.9. The van der Waals surface area contributed by atoms with Crippen LogP contribution in [0.1, 0.15) is 12.5 Å². The quantitative estimate of drug-likeness (QED) is 0.476. The summed E-state index contributed by atoms with van der Waals surface area (Å²) >= 11 is 0. The number of methoxy groups -OCH3 is 1. The van der Waals surface area contributed by atoms with E-state index in [-0.39, 0.29) is 34.1 Å². The van der Waals surface area contributed by atoms with Crippen molar-refractivity contribution in [3.05, 3.63) is 47.5 Å². The average Bonchev–Trinajstić information content (AvgIpc) is 2.61. The van der Waals surface area contributed by atoms with Crippen molar-refractivity contribution in [2.75, 3.05) is 19.4 Å². The Labute approximate surface area is 144 Å². The number of nitrogens with zero attached hydrogens (tertiary/aromatic N) is 1. The van der Waals surface area contributed by atoms with Crippen molar-refractivity contribution >= 4 is 17.3 Å². The zero-order chi connectivity index (χ0) is 18.6. The van der Waals surface area contributed by atoms with Crippen LogP contribution >= 0.6 is 0 Å². The molecule has 7 N–H and O–H groups in total. The van der Waals surface area contributed by atoms with E-state index >= 15 is 0 Å². The number of hydrogen-bond acceptors (Lipinski definition) is 6. The van der Waals surface area contributed by atoms with Gasteiger partial charge in [0.25, 0.3) is 5.91 Å². The molecule has 0 aliphatic carbocycles. The Kier molecular flexibility index (Phi) is 5.43. The second-order valence-electron chi connectivity index (χ2n) is 5.13. The molecule has 1 aromatic heterocycles. The number of benzene rings is 1. The first kappa shape index (κ1) is 18.1. The molecule has 0 saturated heterocycles. The number of carbonyl (C=O) groups is 1. The van der Waals surface area contributed by atoms with Gasteiger partial charge in [0.2, 0.25) is 5.88 Å². The van der Waals surface area contributed by atoms with Crippen LogP contribution in [-0.4, -0.2) is 24.5 Å². The van der Waals surface area contributed by atoms with Gasteiger partial charge in [-0.1, -0.05) is 0 Å². The second kappa shape index (κ2) is 7.52. The van der Waals surface area contributed by atoms with Gasteiger partial charge in [-0.05, 0) is 31.2 Å². The molecule has 2 rings (SSSR count). The highest BCUT2D eigenvalue weighted by atomic mass is 19.1. The molecular formula is C17H20FN5O2. The number of nitrogens with one attached hydrogen (secondary N) is 1. The van der Waals surface area contributed by atoms with Gasteiger partial charge in [-0.3, -0.25) is 4.79 Å². The van der Waals surface area contributed by atoms with Gasteiger partial charge >= 0.3 is 0 Å². The summed E-state index contributed by atoms with van der Waals surface area (Å²) in [4.78, 5) is 15.9. The molecular weight excluding hydrogens is 325 g/mol. The summed E-state index contributed by atoms with van der Waals surface area (Å²) in [5.41, 5.74) is 18.4. The van der Waals surface area contributed by atoms with Crippen LogP contribution < -0.4 is 27.3 Å². The first-order valence-corrected chi connectivity index (χ1v) is 7.53. The second-order valence-corrected chi connectivity index (χ2v) is 5.13. The molecule has 1 amide bonds. The molecule has 0 radical (unpaired) electrons. The van der Waals surface area contributed by atoms with Crippen LogP contribution in [0.4, 0.5) is 10.1 Å². The van der Waals surface area contributed by atoms with Crippen molar-refractivity contribution in [2.24, 2.45) is 11.5 Å². The van der Waals surface area contributed by atoms with Crippen LogP contribution in [0.15, 0.2) is 36.2 Å². The largest absolute Gasteiger partial charge is 0.481 e. The molecule has 2 aromatic rings. The van der Waals surface area contributed by atoms with E-state index in [1.54, 1.807) is 19.1 Å². The molecule has 0 aliphatic rings. The molecule has 7 nitrogen and oxygen atoms in total. The number of ether oxygens (including phenoxy) is 1. The van der Waals surface area contributed by atoms with Crippen LogP contribution in [0.2, 0.25) is 0 Å². The number of pyridine rings is 1. The van der Waals surface area contributed by atoms with E-state index in [4.69, 9.17) is 21.9 Å². The molecule has 0 fully saturated rings. The topological polar surface area (TPSA) is 129 Å². The lowest BCUT2D eigenvalue weighted by molar-refractivity contribution is -0.117. The Morgan fingerprint density at radius 2 is 2.04 bits per heavy atom. The van der Waals surface area contributed by atoms with E-state index in [2.05, 4.69) is 10.3 Å². The third-order valence-corrected chi connectivity index (χ3v) is 3.59. The standard InChI is InChI=1S/C17H20FN5O2/c1-3-22-16(24)15(21)14(20)10-6-7-11(18)12(13(10)19)9-5-4-8-23-17(9)25-2/h4-8H,3,19-21H2,1-2H3,(H,22,24)/b15-14+. The monoisotopic (exact) mass is 345 g/mol. The molecule has 0 bridgehead atoms. The molecule has 0 unspecified atom stereocenters. The van der Waals surface area contributed by atoms with Gasteiger partial charge < -0.3 is 27.3 Å². The summed E-state index contributed by atoms with van der Waals surface area (Å²) in [6.45, 7) is 2.14. The third-order valence-electron chi connectivity index (χ3n) is 3.59. The molecule has 0 aliphatic heterocycles. The SMILES string of the molecule is CCNC(=O)/C(N)=C(\N)c1ccc(F)c(-c2cccnc2OC)c1N. The lowest BCUT2D eigenvalue weighted by Gasteiger charge is -2.15. The van der Waals surface area contributed by atoms with E-state index in [9.17, 15) is 9.18 Å². The van der Waals surface area contributed by atoms with E-state index in [0.29, 0.717) is 12.1 Å². The van der Waals surface area contributed by atoms with Crippen molar-refractivity contribution in [2.45, 2.75) is 6.92 Å². The average molecular weight is 345 g/mol. The number of halogens is 1. The van der Waals surface area contributed by atoms with Crippen molar-refractivity contribution in [1.29, 1.82) is 0 Å². The first-order valence-electron chi connectivity index (χ1n) is 7.53. The highest BCUT2D eigenvalue weighted by molar-refractivity contribution is 6.01. The van der Waals surface area contributed by atoms with Crippen LogP contribution in [0, 0.1) is 5.82 Å². The predicted octanol–water partition coefficient (Wildman–Crippen LogP) is 1.20. The molecule has 0 atom stereocenters. The van der Waals surface area contributed by atoms with Gasteiger partial charge in [0.05, 0.1) is 18.5 Å². The van der Waals surface area contributed by atoms with Crippen molar-refractivity contribution in [1.82, 2.24) is 10.3 Å². The zero-order valence-electron chi connectivity index (χ0n) is 14.0.